The molecule has 3 N–H and O–H groups in total. The van der Waals surface area contributed by atoms with Crippen LogP contribution in [-0.4, -0.2) is 26.7 Å². The van der Waals surface area contributed by atoms with Gasteiger partial charge in [-0.15, -0.1) is 0 Å². The summed E-state index contributed by atoms with van der Waals surface area (Å²) in [5.41, 5.74) is 2.79. The standard InChI is InChI=1S/C24H24N2O4S/c1-17(20-8-5-9-21(16-20)23(27)19-6-3-2-4-7-19)24(28)26-15-14-18-10-12-22(13-11-18)31(25,29)30/h2-13,16-17H,14-15H2,1H3,(H,26,28)(H2,25,29,30). The van der Waals surface area contributed by atoms with E-state index in [4.69, 9.17) is 5.14 Å². The second-order valence-electron chi connectivity index (χ2n) is 7.27. The number of sulfonamides is 1. The van der Waals surface area contributed by atoms with Crippen LogP contribution in [0, 0.1) is 0 Å². The van der Waals surface area contributed by atoms with Crippen LogP contribution in [0.4, 0.5) is 0 Å². The number of nitrogens with one attached hydrogen (secondary N) is 1. The molecule has 0 bridgehead atoms. The van der Waals surface area contributed by atoms with Crippen molar-refractivity contribution in [2.75, 3.05) is 6.54 Å². The van der Waals surface area contributed by atoms with Crippen LogP contribution < -0.4 is 10.5 Å². The molecule has 1 unspecified atom stereocenters. The van der Waals surface area contributed by atoms with Crippen molar-refractivity contribution in [3.8, 4) is 0 Å². The van der Waals surface area contributed by atoms with Crippen molar-refractivity contribution in [2.45, 2.75) is 24.2 Å². The zero-order chi connectivity index (χ0) is 22.4. The molecule has 0 fully saturated rings. The molecular weight excluding hydrogens is 412 g/mol. The third-order valence-corrected chi connectivity index (χ3v) is 5.97. The summed E-state index contributed by atoms with van der Waals surface area (Å²) in [5, 5.41) is 7.98. The van der Waals surface area contributed by atoms with Gasteiger partial charge in [0.2, 0.25) is 15.9 Å². The van der Waals surface area contributed by atoms with Crippen LogP contribution in [0.1, 0.15) is 39.9 Å². The van der Waals surface area contributed by atoms with E-state index in [0.29, 0.717) is 24.1 Å². The summed E-state index contributed by atoms with van der Waals surface area (Å²) in [6.45, 7) is 2.20. The normalized spacial score (nSPS) is 12.2. The van der Waals surface area contributed by atoms with E-state index < -0.39 is 15.9 Å². The van der Waals surface area contributed by atoms with E-state index in [1.807, 2.05) is 24.3 Å². The third-order valence-electron chi connectivity index (χ3n) is 5.04. The van der Waals surface area contributed by atoms with Crippen molar-refractivity contribution in [3.05, 3.63) is 101 Å². The maximum atomic E-state index is 12.7. The Hall–Kier alpha value is -3.29. The van der Waals surface area contributed by atoms with Gasteiger partial charge in [-0.2, -0.15) is 0 Å². The second kappa shape index (κ2) is 9.68. The largest absolute Gasteiger partial charge is 0.355 e. The fourth-order valence-corrected chi connectivity index (χ4v) is 3.70. The van der Waals surface area contributed by atoms with Gasteiger partial charge in [0, 0.05) is 17.7 Å². The van der Waals surface area contributed by atoms with Gasteiger partial charge in [-0.1, -0.05) is 60.7 Å². The van der Waals surface area contributed by atoms with Gasteiger partial charge in [-0.3, -0.25) is 9.59 Å². The lowest BCUT2D eigenvalue weighted by molar-refractivity contribution is -0.122. The first-order valence-electron chi connectivity index (χ1n) is 9.85. The Kier molecular flexibility index (Phi) is 6.99. The SMILES string of the molecule is CC(C(=O)NCCc1ccc(S(N)(=O)=O)cc1)c1cccc(C(=O)c2ccccc2)c1. The van der Waals surface area contributed by atoms with Gasteiger partial charge in [0.15, 0.2) is 5.78 Å². The van der Waals surface area contributed by atoms with Crippen LogP contribution in [0.2, 0.25) is 0 Å². The minimum Gasteiger partial charge on any atom is -0.355 e. The molecule has 0 aliphatic rings. The van der Waals surface area contributed by atoms with Gasteiger partial charge in [0.25, 0.3) is 0 Å². The summed E-state index contributed by atoms with van der Waals surface area (Å²) in [4.78, 5) is 25.3. The second-order valence-corrected chi connectivity index (χ2v) is 8.83. The van der Waals surface area contributed by atoms with Crippen LogP contribution in [0.3, 0.4) is 0 Å². The van der Waals surface area contributed by atoms with Crippen molar-refractivity contribution < 1.29 is 18.0 Å². The molecule has 3 aromatic rings. The van der Waals surface area contributed by atoms with Gasteiger partial charge in [-0.25, -0.2) is 13.6 Å². The monoisotopic (exact) mass is 436 g/mol. The fourth-order valence-electron chi connectivity index (χ4n) is 3.19. The molecule has 0 saturated carbocycles. The van der Waals surface area contributed by atoms with E-state index in [2.05, 4.69) is 5.32 Å². The lowest BCUT2D eigenvalue weighted by atomic mass is 9.95. The highest BCUT2D eigenvalue weighted by Gasteiger charge is 2.17. The molecule has 1 atom stereocenters. The number of benzene rings is 3. The molecule has 31 heavy (non-hydrogen) atoms. The molecule has 3 aromatic carbocycles. The summed E-state index contributed by atoms with van der Waals surface area (Å²) in [5.74, 6) is -0.656. The maximum Gasteiger partial charge on any atom is 0.238 e. The highest BCUT2D eigenvalue weighted by Crippen LogP contribution is 2.19. The molecule has 0 saturated heterocycles. The minimum atomic E-state index is -3.72. The number of rotatable bonds is 8. The Morgan fingerprint density at radius 3 is 2.19 bits per heavy atom. The minimum absolute atomic E-state index is 0.0545. The number of hydrogen-bond donors (Lipinski definition) is 2. The smallest absolute Gasteiger partial charge is 0.238 e. The lowest BCUT2D eigenvalue weighted by Gasteiger charge is -2.14. The number of carbonyl (C=O) groups is 2. The molecular formula is C24H24N2O4S. The molecule has 7 heteroatoms. The van der Waals surface area contributed by atoms with Crippen molar-refractivity contribution in [3.63, 3.8) is 0 Å². The highest BCUT2D eigenvalue weighted by atomic mass is 32.2. The average Bonchev–Trinajstić information content (AvgIpc) is 2.78. The predicted molar refractivity (Wildman–Crippen MR) is 119 cm³/mol. The van der Waals surface area contributed by atoms with Crippen LogP contribution in [0.5, 0.6) is 0 Å². The zero-order valence-electron chi connectivity index (χ0n) is 17.1. The molecule has 0 heterocycles. The van der Waals surface area contributed by atoms with E-state index in [0.717, 1.165) is 11.1 Å². The highest BCUT2D eigenvalue weighted by molar-refractivity contribution is 7.89. The van der Waals surface area contributed by atoms with Crippen LogP contribution in [0.15, 0.2) is 83.8 Å². The van der Waals surface area contributed by atoms with Crippen LogP contribution in [0.25, 0.3) is 0 Å². The number of amides is 1. The maximum absolute atomic E-state index is 12.7. The molecule has 0 radical (unpaired) electrons. The van der Waals surface area contributed by atoms with Gasteiger partial charge in [-0.05, 0) is 42.7 Å². The third kappa shape index (κ3) is 5.87. The number of ketones is 1. The molecule has 0 aliphatic heterocycles. The molecule has 3 rings (SSSR count). The van der Waals surface area contributed by atoms with E-state index in [1.165, 1.54) is 12.1 Å². The first-order chi connectivity index (χ1) is 14.8. The summed E-state index contributed by atoms with van der Waals surface area (Å²) >= 11 is 0. The Morgan fingerprint density at radius 1 is 0.903 bits per heavy atom. The van der Waals surface area contributed by atoms with E-state index in [9.17, 15) is 18.0 Å². The number of hydrogen-bond acceptors (Lipinski definition) is 4. The predicted octanol–water partition coefficient (Wildman–Crippen LogP) is 3.03. The average molecular weight is 437 g/mol. The van der Waals surface area contributed by atoms with Gasteiger partial charge < -0.3 is 5.32 Å². The summed E-state index contributed by atoms with van der Waals surface area (Å²) in [6.07, 6.45) is 0.551. The van der Waals surface area contributed by atoms with E-state index in [1.54, 1.807) is 49.4 Å². The summed E-state index contributed by atoms with van der Waals surface area (Å²) in [6, 6.07) is 22.4. The quantitative estimate of drug-likeness (QED) is 0.529. The van der Waals surface area contributed by atoms with E-state index >= 15 is 0 Å². The molecule has 0 aliphatic carbocycles. The molecule has 0 spiro atoms. The van der Waals surface area contributed by atoms with Crippen LogP contribution in [-0.2, 0) is 21.2 Å². The van der Waals surface area contributed by atoms with Gasteiger partial charge in [0.05, 0.1) is 10.8 Å². The first-order valence-corrected chi connectivity index (χ1v) is 11.4. The number of primary sulfonamides is 1. The van der Waals surface area contributed by atoms with Gasteiger partial charge in [0.1, 0.15) is 0 Å². The Labute approximate surface area is 182 Å². The van der Waals surface area contributed by atoms with Crippen LogP contribution >= 0.6 is 0 Å². The number of nitrogens with two attached hydrogens (primary N) is 1. The number of carbonyl (C=O) groups excluding carboxylic acids is 2. The van der Waals surface area contributed by atoms with E-state index in [-0.39, 0.29) is 16.6 Å². The fraction of sp³-hybridized carbons (Fsp3) is 0.167. The Bertz CT molecular complexity index is 1170. The van der Waals surface area contributed by atoms with Crippen molar-refractivity contribution in [1.82, 2.24) is 5.32 Å². The van der Waals surface area contributed by atoms with Crippen molar-refractivity contribution >= 4 is 21.7 Å². The zero-order valence-corrected chi connectivity index (χ0v) is 17.9. The molecule has 0 aromatic heterocycles. The molecule has 160 valence electrons. The Morgan fingerprint density at radius 2 is 1.55 bits per heavy atom. The lowest BCUT2D eigenvalue weighted by Crippen LogP contribution is -2.29. The molecule has 1 amide bonds. The topological polar surface area (TPSA) is 106 Å². The Balaban J connectivity index is 1.59. The van der Waals surface area contributed by atoms with Crippen molar-refractivity contribution in [1.29, 1.82) is 0 Å². The van der Waals surface area contributed by atoms with Gasteiger partial charge >= 0.3 is 0 Å². The summed E-state index contributed by atoms with van der Waals surface area (Å²) < 4.78 is 22.6. The summed E-state index contributed by atoms with van der Waals surface area (Å²) in [7, 11) is -3.72. The first kappa shape index (κ1) is 22.4. The van der Waals surface area contributed by atoms with Crippen molar-refractivity contribution in [2.24, 2.45) is 5.14 Å². The molecule has 6 nitrogen and oxygen atoms in total.